The zero-order valence-electron chi connectivity index (χ0n) is 16.5. The fourth-order valence-electron chi connectivity index (χ4n) is 2.63. The first-order chi connectivity index (χ1) is 13.5. The first kappa shape index (κ1) is 22.8. The molecule has 2 rings (SSSR count). The lowest BCUT2D eigenvalue weighted by Crippen LogP contribution is -2.33. The molecule has 0 bridgehead atoms. The molecule has 0 aliphatic carbocycles. The highest BCUT2D eigenvalue weighted by Gasteiger charge is 2.26. The van der Waals surface area contributed by atoms with Gasteiger partial charge in [-0.2, -0.15) is 4.31 Å². The number of para-hydroxylation sites is 1. The number of carbonyl (C=O) groups excluding carboxylic acids is 1. The number of rotatable bonds is 7. The van der Waals surface area contributed by atoms with Crippen LogP contribution < -0.4 is 0 Å². The molecule has 0 unspecified atom stereocenters. The predicted octanol–water partition coefficient (Wildman–Crippen LogP) is 3.55. The minimum Gasteiger partial charge on any atom is -0.337 e. The van der Waals surface area contributed by atoms with Crippen molar-refractivity contribution in [3.8, 4) is 0 Å². The van der Waals surface area contributed by atoms with Crippen LogP contribution in [0.5, 0.6) is 0 Å². The molecule has 0 N–H and O–H groups in total. The summed E-state index contributed by atoms with van der Waals surface area (Å²) in [4.78, 5) is 24.8. The molecule has 0 aliphatic heterocycles. The Morgan fingerprint density at radius 2 is 1.79 bits per heavy atom. The molecule has 156 valence electrons. The van der Waals surface area contributed by atoms with Gasteiger partial charge in [-0.1, -0.05) is 29.8 Å². The van der Waals surface area contributed by atoms with E-state index in [4.69, 9.17) is 11.6 Å². The largest absolute Gasteiger partial charge is 0.337 e. The first-order valence-corrected chi connectivity index (χ1v) is 10.5. The SMILES string of the molecule is CC(C)N(C)S(=O)(=O)c1ccc(Cl)c(C(=O)N(C)Cc2ccccc2[N+](=O)[O-])c1. The number of nitrogens with zero attached hydrogens (tertiary/aromatic N) is 3. The molecule has 0 heterocycles. The van der Waals surface area contributed by atoms with Gasteiger partial charge in [-0.15, -0.1) is 0 Å². The summed E-state index contributed by atoms with van der Waals surface area (Å²) in [5.74, 6) is -0.544. The highest BCUT2D eigenvalue weighted by atomic mass is 35.5. The van der Waals surface area contributed by atoms with Crippen LogP contribution in [0, 0.1) is 10.1 Å². The molecule has 0 spiro atoms. The molecule has 0 saturated heterocycles. The number of sulfonamides is 1. The summed E-state index contributed by atoms with van der Waals surface area (Å²) in [7, 11) is -0.875. The van der Waals surface area contributed by atoms with Crippen LogP contribution in [-0.2, 0) is 16.6 Å². The molecule has 0 aromatic heterocycles. The Labute approximate surface area is 174 Å². The molecule has 2 aromatic rings. The number of halogens is 1. The van der Waals surface area contributed by atoms with Gasteiger partial charge in [0.1, 0.15) is 0 Å². The summed E-state index contributed by atoms with van der Waals surface area (Å²) in [6, 6.07) is 9.76. The van der Waals surface area contributed by atoms with Crippen molar-refractivity contribution in [2.75, 3.05) is 14.1 Å². The summed E-state index contributed by atoms with van der Waals surface area (Å²) in [5.41, 5.74) is 0.256. The molecule has 0 aliphatic rings. The Bertz CT molecular complexity index is 1040. The van der Waals surface area contributed by atoms with Gasteiger partial charge in [-0.05, 0) is 32.0 Å². The molecule has 1 amide bonds. The van der Waals surface area contributed by atoms with Crippen LogP contribution in [0.2, 0.25) is 5.02 Å². The van der Waals surface area contributed by atoms with E-state index in [2.05, 4.69) is 0 Å². The standard InChI is InChI=1S/C19H22ClN3O5S/c1-13(2)22(4)29(27,28)15-9-10-17(20)16(11-15)19(24)21(3)12-14-7-5-6-8-18(14)23(25)26/h5-11,13H,12H2,1-4H3. The zero-order valence-corrected chi connectivity index (χ0v) is 18.1. The van der Waals surface area contributed by atoms with E-state index in [0.717, 1.165) is 0 Å². The molecular weight excluding hydrogens is 418 g/mol. The van der Waals surface area contributed by atoms with Crippen LogP contribution in [0.3, 0.4) is 0 Å². The minimum absolute atomic E-state index is 0.00554. The number of nitro groups is 1. The van der Waals surface area contributed by atoms with Crippen molar-refractivity contribution < 1.29 is 18.1 Å². The Kier molecular flexibility index (Phi) is 6.99. The molecule has 0 radical (unpaired) electrons. The van der Waals surface area contributed by atoms with E-state index in [1.807, 2.05) is 0 Å². The molecule has 10 heteroatoms. The summed E-state index contributed by atoms with van der Waals surface area (Å²) in [6.45, 7) is 3.44. The molecular formula is C19H22ClN3O5S. The van der Waals surface area contributed by atoms with Crippen molar-refractivity contribution in [3.05, 3.63) is 68.7 Å². The maximum absolute atomic E-state index is 12.9. The summed E-state index contributed by atoms with van der Waals surface area (Å²) in [5, 5.41) is 11.3. The maximum Gasteiger partial charge on any atom is 0.274 e. The molecule has 29 heavy (non-hydrogen) atoms. The van der Waals surface area contributed by atoms with Gasteiger partial charge in [0.2, 0.25) is 10.0 Å². The lowest BCUT2D eigenvalue weighted by Gasteiger charge is -2.22. The van der Waals surface area contributed by atoms with E-state index in [0.29, 0.717) is 5.56 Å². The molecule has 8 nitrogen and oxygen atoms in total. The molecule has 0 saturated carbocycles. The normalized spacial score (nSPS) is 11.7. The topological polar surface area (TPSA) is 101 Å². The van der Waals surface area contributed by atoms with E-state index in [1.165, 1.54) is 47.6 Å². The van der Waals surface area contributed by atoms with Crippen LogP contribution in [0.25, 0.3) is 0 Å². The Hall–Kier alpha value is -2.49. The zero-order chi connectivity index (χ0) is 21.9. The van der Waals surface area contributed by atoms with Crippen molar-refractivity contribution in [2.24, 2.45) is 0 Å². The van der Waals surface area contributed by atoms with Crippen molar-refractivity contribution in [3.63, 3.8) is 0 Å². The molecule has 0 fully saturated rings. The van der Waals surface area contributed by atoms with E-state index in [9.17, 15) is 23.3 Å². The Morgan fingerprint density at radius 3 is 2.38 bits per heavy atom. The van der Waals surface area contributed by atoms with Gasteiger partial charge < -0.3 is 4.90 Å². The van der Waals surface area contributed by atoms with E-state index >= 15 is 0 Å². The number of amides is 1. The first-order valence-electron chi connectivity index (χ1n) is 8.72. The fourth-order valence-corrected chi connectivity index (χ4v) is 4.22. The second-order valence-corrected chi connectivity index (χ2v) is 9.21. The van der Waals surface area contributed by atoms with Gasteiger partial charge >= 0.3 is 0 Å². The van der Waals surface area contributed by atoms with Gasteiger partial charge in [0.05, 0.1) is 26.9 Å². The number of hydrogen-bond donors (Lipinski definition) is 0. The average molecular weight is 440 g/mol. The Morgan fingerprint density at radius 1 is 1.17 bits per heavy atom. The summed E-state index contributed by atoms with van der Waals surface area (Å²) < 4.78 is 26.6. The van der Waals surface area contributed by atoms with Crippen LogP contribution in [0.1, 0.15) is 29.8 Å². The number of benzene rings is 2. The number of carbonyl (C=O) groups is 1. The van der Waals surface area contributed by atoms with Gasteiger partial charge in [-0.25, -0.2) is 8.42 Å². The van der Waals surface area contributed by atoms with Gasteiger partial charge in [0, 0.05) is 31.8 Å². The average Bonchev–Trinajstić information content (AvgIpc) is 2.67. The smallest absolute Gasteiger partial charge is 0.274 e. The van der Waals surface area contributed by atoms with Gasteiger partial charge in [0.25, 0.3) is 11.6 Å². The van der Waals surface area contributed by atoms with Crippen molar-refractivity contribution in [2.45, 2.75) is 31.3 Å². The molecule has 0 atom stereocenters. The van der Waals surface area contributed by atoms with Crippen LogP contribution in [0.4, 0.5) is 5.69 Å². The van der Waals surface area contributed by atoms with Gasteiger partial charge in [-0.3, -0.25) is 14.9 Å². The highest BCUT2D eigenvalue weighted by molar-refractivity contribution is 7.89. The Balaban J connectivity index is 2.37. The van der Waals surface area contributed by atoms with Crippen molar-refractivity contribution in [1.82, 2.24) is 9.21 Å². The van der Waals surface area contributed by atoms with Crippen LogP contribution in [-0.4, -0.2) is 48.6 Å². The summed E-state index contributed by atoms with van der Waals surface area (Å²) >= 11 is 6.15. The quantitative estimate of drug-likeness (QED) is 0.485. The second-order valence-electron chi connectivity index (χ2n) is 6.80. The molecule has 2 aromatic carbocycles. The lowest BCUT2D eigenvalue weighted by atomic mass is 10.1. The number of hydrogen-bond acceptors (Lipinski definition) is 5. The monoisotopic (exact) mass is 439 g/mol. The van der Waals surface area contributed by atoms with Crippen LogP contribution >= 0.6 is 11.6 Å². The predicted molar refractivity (Wildman–Crippen MR) is 110 cm³/mol. The van der Waals surface area contributed by atoms with Crippen molar-refractivity contribution in [1.29, 1.82) is 0 Å². The van der Waals surface area contributed by atoms with E-state index < -0.39 is 20.9 Å². The summed E-state index contributed by atoms with van der Waals surface area (Å²) in [6.07, 6.45) is 0. The minimum atomic E-state index is -3.80. The van der Waals surface area contributed by atoms with Crippen LogP contribution in [0.15, 0.2) is 47.4 Å². The third-order valence-corrected chi connectivity index (χ3v) is 6.87. The fraction of sp³-hybridized carbons (Fsp3) is 0.316. The third-order valence-electron chi connectivity index (χ3n) is 4.51. The van der Waals surface area contributed by atoms with E-state index in [1.54, 1.807) is 32.0 Å². The maximum atomic E-state index is 12.9. The third kappa shape index (κ3) is 4.92. The second kappa shape index (κ2) is 8.89. The van der Waals surface area contributed by atoms with E-state index in [-0.39, 0.29) is 33.8 Å². The lowest BCUT2D eigenvalue weighted by molar-refractivity contribution is -0.385. The number of nitro benzene ring substituents is 1. The highest BCUT2D eigenvalue weighted by Crippen LogP contribution is 2.26. The van der Waals surface area contributed by atoms with Gasteiger partial charge in [0.15, 0.2) is 0 Å². The van der Waals surface area contributed by atoms with Crippen molar-refractivity contribution >= 4 is 33.2 Å².